The molecule has 2 fully saturated rings. The number of carbonyl (C=O) groups is 2. The third kappa shape index (κ3) is 2.67. The van der Waals surface area contributed by atoms with Crippen molar-refractivity contribution in [2.24, 2.45) is 11.3 Å². The molecule has 26 heavy (non-hydrogen) atoms. The largest absolute Gasteiger partial charge is 0.466 e. The molecule has 2 aromatic rings. The lowest BCUT2D eigenvalue weighted by Crippen LogP contribution is -2.51. The maximum Gasteiger partial charge on any atom is 0.311 e. The summed E-state index contributed by atoms with van der Waals surface area (Å²) in [6.45, 7) is 6.11. The van der Waals surface area contributed by atoms with Crippen LogP contribution in [0.15, 0.2) is 24.5 Å². The molecule has 1 unspecified atom stereocenters. The Kier molecular flexibility index (Phi) is 4.19. The molecule has 0 aliphatic carbocycles. The molecule has 4 heterocycles. The second-order valence-corrected chi connectivity index (χ2v) is 7.25. The van der Waals surface area contributed by atoms with Crippen LogP contribution in [0.5, 0.6) is 0 Å². The van der Waals surface area contributed by atoms with E-state index in [9.17, 15) is 9.59 Å². The van der Waals surface area contributed by atoms with Gasteiger partial charge in [-0.25, -0.2) is 4.98 Å². The minimum absolute atomic E-state index is 0.00591. The smallest absolute Gasteiger partial charge is 0.311 e. The number of imidazole rings is 1. The maximum atomic E-state index is 12.9. The molecule has 1 amide bonds. The highest BCUT2D eigenvalue weighted by atomic mass is 16.5. The van der Waals surface area contributed by atoms with Crippen molar-refractivity contribution in [2.45, 2.75) is 20.3 Å². The number of hydrogen-bond acceptors (Lipinski definition) is 5. The van der Waals surface area contributed by atoms with E-state index in [4.69, 9.17) is 9.47 Å². The summed E-state index contributed by atoms with van der Waals surface area (Å²) in [4.78, 5) is 31.4. The van der Waals surface area contributed by atoms with Crippen molar-refractivity contribution < 1.29 is 19.1 Å². The van der Waals surface area contributed by atoms with E-state index in [0.717, 1.165) is 16.9 Å². The summed E-state index contributed by atoms with van der Waals surface area (Å²) in [5.41, 5.74) is 2.51. The van der Waals surface area contributed by atoms with Gasteiger partial charge in [-0.1, -0.05) is 6.07 Å². The third-order valence-electron chi connectivity index (χ3n) is 5.49. The number of fused-ring (bicyclic) bond motifs is 1. The Morgan fingerprint density at radius 3 is 2.92 bits per heavy atom. The number of ether oxygens (including phenoxy) is 2. The average molecular weight is 357 g/mol. The van der Waals surface area contributed by atoms with Crippen LogP contribution >= 0.6 is 0 Å². The summed E-state index contributed by atoms with van der Waals surface area (Å²) in [6, 6.07) is 3.95. The van der Waals surface area contributed by atoms with Crippen LogP contribution in [-0.4, -0.2) is 59.1 Å². The number of likely N-dealkylation sites (tertiary alicyclic amines) is 1. The van der Waals surface area contributed by atoms with Gasteiger partial charge in [0.05, 0.1) is 37.9 Å². The number of carbonyl (C=O) groups excluding carboxylic acids is 2. The van der Waals surface area contributed by atoms with Crippen LogP contribution in [0.2, 0.25) is 0 Å². The van der Waals surface area contributed by atoms with Crippen LogP contribution in [0.25, 0.3) is 5.65 Å². The number of hydrogen-bond donors (Lipinski definition) is 0. The molecular formula is C19H23N3O4. The lowest BCUT2D eigenvalue weighted by Gasteiger charge is -2.40. The fraction of sp³-hybridized carbons (Fsp3) is 0.526. The van der Waals surface area contributed by atoms with Crippen LogP contribution in [0.4, 0.5) is 0 Å². The van der Waals surface area contributed by atoms with E-state index in [1.54, 1.807) is 18.0 Å². The summed E-state index contributed by atoms with van der Waals surface area (Å²) < 4.78 is 12.5. The van der Waals surface area contributed by atoms with Gasteiger partial charge in [0.25, 0.3) is 0 Å². The average Bonchev–Trinajstić information content (AvgIpc) is 3.18. The normalized spacial score (nSPS) is 21.2. The molecule has 4 rings (SSSR count). The SMILES string of the molecule is CCOC(=O)C1CN(C(=O)Cc2cnc3c(C)cccn23)CC12COC2. The van der Waals surface area contributed by atoms with Crippen molar-refractivity contribution >= 4 is 17.5 Å². The van der Waals surface area contributed by atoms with E-state index in [2.05, 4.69) is 4.98 Å². The van der Waals surface area contributed by atoms with E-state index in [1.165, 1.54) is 0 Å². The molecule has 7 nitrogen and oxygen atoms in total. The monoisotopic (exact) mass is 357 g/mol. The Balaban J connectivity index is 1.51. The summed E-state index contributed by atoms with van der Waals surface area (Å²) in [5, 5.41) is 0. The fourth-order valence-corrected chi connectivity index (χ4v) is 3.98. The lowest BCUT2D eigenvalue weighted by molar-refractivity contribution is -0.170. The Morgan fingerprint density at radius 1 is 1.42 bits per heavy atom. The summed E-state index contributed by atoms with van der Waals surface area (Å²) in [5.74, 6) is -0.521. The van der Waals surface area contributed by atoms with Gasteiger partial charge < -0.3 is 18.8 Å². The lowest BCUT2D eigenvalue weighted by atomic mass is 9.76. The quantitative estimate of drug-likeness (QED) is 0.770. The number of aromatic nitrogens is 2. The maximum absolute atomic E-state index is 12.9. The second-order valence-electron chi connectivity index (χ2n) is 7.25. The fourth-order valence-electron chi connectivity index (χ4n) is 3.98. The van der Waals surface area contributed by atoms with Gasteiger partial charge in [0.2, 0.25) is 5.91 Å². The molecule has 1 spiro atoms. The van der Waals surface area contributed by atoms with Crippen molar-refractivity contribution in [1.82, 2.24) is 14.3 Å². The highest BCUT2D eigenvalue weighted by Crippen LogP contribution is 2.43. The van der Waals surface area contributed by atoms with Crippen LogP contribution in [-0.2, 0) is 25.5 Å². The van der Waals surface area contributed by atoms with Gasteiger partial charge in [0, 0.05) is 30.9 Å². The van der Waals surface area contributed by atoms with Crippen molar-refractivity contribution in [3.8, 4) is 0 Å². The van der Waals surface area contributed by atoms with Gasteiger partial charge >= 0.3 is 5.97 Å². The Morgan fingerprint density at radius 2 is 2.23 bits per heavy atom. The first kappa shape index (κ1) is 17.0. The standard InChI is InChI=1S/C19H23N3O4/c1-3-26-18(24)15-9-21(10-19(15)11-25-12-19)16(23)7-14-8-20-17-13(2)5-4-6-22(14)17/h4-6,8,15H,3,7,9-12H2,1-2H3. The zero-order valence-corrected chi connectivity index (χ0v) is 15.1. The first-order chi connectivity index (χ1) is 12.5. The molecule has 0 N–H and O–H groups in total. The molecule has 1 atom stereocenters. The minimum Gasteiger partial charge on any atom is -0.466 e. The molecule has 0 radical (unpaired) electrons. The van der Waals surface area contributed by atoms with Crippen molar-refractivity contribution in [3.05, 3.63) is 35.8 Å². The molecule has 7 heteroatoms. The van der Waals surface area contributed by atoms with Crippen LogP contribution < -0.4 is 0 Å². The predicted molar refractivity (Wildman–Crippen MR) is 93.6 cm³/mol. The van der Waals surface area contributed by atoms with Crippen LogP contribution in [0.3, 0.4) is 0 Å². The molecule has 2 saturated heterocycles. The van der Waals surface area contributed by atoms with Crippen LogP contribution in [0.1, 0.15) is 18.2 Å². The minimum atomic E-state index is -0.301. The van der Waals surface area contributed by atoms with Gasteiger partial charge in [0.15, 0.2) is 0 Å². The topological polar surface area (TPSA) is 73.1 Å². The first-order valence-corrected chi connectivity index (χ1v) is 8.98. The number of amides is 1. The third-order valence-corrected chi connectivity index (χ3v) is 5.49. The summed E-state index contributed by atoms with van der Waals surface area (Å²) in [6.07, 6.45) is 3.93. The number of rotatable bonds is 4. The van der Waals surface area contributed by atoms with Gasteiger partial charge in [-0.3, -0.25) is 9.59 Å². The van der Waals surface area contributed by atoms with Gasteiger partial charge in [0.1, 0.15) is 5.65 Å². The highest BCUT2D eigenvalue weighted by molar-refractivity contribution is 5.82. The molecule has 0 aromatic carbocycles. The van der Waals surface area contributed by atoms with Crippen molar-refractivity contribution in [1.29, 1.82) is 0 Å². The highest BCUT2D eigenvalue weighted by Gasteiger charge is 2.56. The van der Waals surface area contributed by atoms with E-state index >= 15 is 0 Å². The van der Waals surface area contributed by atoms with Crippen molar-refractivity contribution in [3.63, 3.8) is 0 Å². The molecule has 2 aliphatic rings. The Hall–Kier alpha value is -2.41. The Labute approximate surface area is 151 Å². The van der Waals surface area contributed by atoms with E-state index in [0.29, 0.717) is 32.9 Å². The number of aryl methyl sites for hydroxylation is 1. The molecule has 2 aromatic heterocycles. The molecular weight excluding hydrogens is 334 g/mol. The summed E-state index contributed by atoms with van der Waals surface area (Å²) in [7, 11) is 0. The first-order valence-electron chi connectivity index (χ1n) is 8.98. The van der Waals surface area contributed by atoms with E-state index in [-0.39, 0.29) is 29.6 Å². The zero-order valence-electron chi connectivity index (χ0n) is 15.1. The molecule has 0 bridgehead atoms. The molecule has 0 saturated carbocycles. The Bertz CT molecular complexity index is 856. The molecule has 138 valence electrons. The number of pyridine rings is 1. The van der Waals surface area contributed by atoms with Crippen molar-refractivity contribution in [2.75, 3.05) is 32.9 Å². The predicted octanol–water partition coefficient (Wildman–Crippen LogP) is 1.22. The number of esters is 1. The summed E-state index contributed by atoms with van der Waals surface area (Å²) >= 11 is 0. The van der Waals surface area contributed by atoms with Gasteiger partial charge in [-0.15, -0.1) is 0 Å². The van der Waals surface area contributed by atoms with Gasteiger partial charge in [-0.05, 0) is 25.5 Å². The van der Waals surface area contributed by atoms with E-state index < -0.39 is 0 Å². The van der Waals surface area contributed by atoms with Crippen LogP contribution in [0, 0.1) is 18.3 Å². The van der Waals surface area contributed by atoms with Gasteiger partial charge in [-0.2, -0.15) is 0 Å². The van der Waals surface area contributed by atoms with E-state index in [1.807, 2.05) is 29.7 Å². The zero-order chi connectivity index (χ0) is 18.3. The molecule has 2 aliphatic heterocycles. The second kappa shape index (κ2) is 6.39. The number of nitrogens with zero attached hydrogens (tertiary/aromatic N) is 3.